The highest BCUT2D eigenvalue weighted by Crippen LogP contribution is 2.23. The molecule has 4 rings (SSSR count). The number of fused-ring (bicyclic) bond motifs is 1. The lowest BCUT2D eigenvalue weighted by Crippen LogP contribution is -2.14. The quantitative estimate of drug-likeness (QED) is 0.517. The van der Waals surface area contributed by atoms with Crippen LogP contribution in [0.1, 0.15) is 11.7 Å². The third-order valence-electron chi connectivity index (χ3n) is 4.18. The largest absolute Gasteiger partial charge is 0.508 e. The normalized spacial score (nSPS) is 12.2. The molecule has 0 aliphatic carbocycles. The van der Waals surface area contributed by atoms with Crippen molar-refractivity contribution in [2.45, 2.75) is 6.10 Å². The van der Waals surface area contributed by atoms with E-state index < -0.39 is 6.10 Å². The third kappa shape index (κ3) is 3.22. The number of benzene rings is 2. The van der Waals surface area contributed by atoms with Gasteiger partial charge in [-0.2, -0.15) is 9.61 Å². The van der Waals surface area contributed by atoms with E-state index in [9.17, 15) is 10.2 Å². The number of phenolic OH excluding ortho intramolecular Hbond substituents is 1. The number of phenols is 1. The Morgan fingerprint density at radius 2 is 1.77 bits per heavy atom. The molecule has 130 valence electrons. The lowest BCUT2D eigenvalue weighted by molar-refractivity contribution is 0.191. The fourth-order valence-electron chi connectivity index (χ4n) is 2.81. The molecule has 2 aromatic heterocycles. The van der Waals surface area contributed by atoms with Gasteiger partial charge < -0.3 is 15.5 Å². The third-order valence-corrected chi connectivity index (χ3v) is 4.18. The highest BCUT2D eigenvalue weighted by Gasteiger charge is 2.11. The zero-order valence-electron chi connectivity index (χ0n) is 13.9. The van der Waals surface area contributed by atoms with Crippen LogP contribution in [0.15, 0.2) is 72.9 Å². The van der Waals surface area contributed by atoms with Crippen molar-refractivity contribution in [2.75, 3.05) is 11.9 Å². The Labute approximate surface area is 150 Å². The first-order valence-electron chi connectivity index (χ1n) is 8.32. The Morgan fingerprint density at radius 1 is 1.00 bits per heavy atom. The molecule has 0 bridgehead atoms. The van der Waals surface area contributed by atoms with Gasteiger partial charge in [0.25, 0.3) is 0 Å². The average Bonchev–Trinajstić information content (AvgIpc) is 3.16. The molecule has 4 aromatic rings. The van der Waals surface area contributed by atoms with Gasteiger partial charge in [0.2, 0.25) is 0 Å². The molecule has 0 saturated heterocycles. The zero-order valence-corrected chi connectivity index (χ0v) is 13.9. The van der Waals surface area contributed by atoms with Crippen LogP contribution in [-0.4, -0.2) is 31.4 Å². The number of nitrogens with zero attached hydrogens (tertiary/aromatic N) is 3. The molecule has 0 saturated carbocycles. The summed E-state index contributed by atoms with van der Waals surface area (Å²) in [5, 5.41) is 27.3. The predicted molar refractivity (Wildman–Crippen MR) is 100.0 cm³/mol. The predicted octanol–water partition coefficient (Wildman–Crippen LogP) is 3.25. The Morgan fingerprint density at radius 3 is 2.54 bits per heavy atom. The average molecular weight is 346 g/mol. The number of anilines is 1. The maximum absolute atomic E-state index is 10.4. The van der Waals surface area contributed by atoms with Gasteiger partial charge in [-0.1, -0.05) is 42.5 Å². The van der Waals surface area contributed by atoms with Crippen LogP contribution in [0, 0.1) is 0 Å². The topological polar surface area (TPSA) is 82.7 Å². The molecule has 2 heterocycles. The minimum Gasteiger partial charge on any atom is -0.508 e. The van der Waals surface area contributed by atoms with Crippen LogP contribution in [-0.2, 0) is 0 Å². The zero-order chi connectivity index (χ0) is 17.9. The minimum atomic E-state index is -0.713. The van der Waals surface area contributed by atoms with E-state index in [2.05, 4.69) is 15.4 Å². The molecular formula is C20H18N4O2. The lowest BCUT2D eigenvalue weighted by atomic mass is 10.1. The molecule has 1 atom stereocenters. The minimum absolute atomic E-state index is 0.175. The van der Waals surface area contributed by atoms with Gasteiger partial charge in [-0.3, -0.25) is 0 Å². The van der Waals surface area contributed by atoms with Crippen molar-refractivity contribution in [1.82, 2.24) is 14.6 Å². The number of aliphatic hydroxyl groups excluding tert-OH is 1. The van der Waals surface area contributed by atoms with Crippen molar-refractivity contribution >= 4 is 11.5 Å². The number of aromatic hydroxyl groups is 1. The second kappa shape index (κ2) is 6.85. The SMILES string of the molecule is Oc1ccc([C@H](O)CNc2cc(-c3ccccc3)nc3ccnn23)cc1. The Balaban J connectivity index is 1.61. The molecule has 0 amide bonds. The lowest BCUT2D eigenvalue weighted by Gasteiger charge is -2.15. The summed E-state index contributed by atoms with van der Waals surface area (Å²) in [6, 6.07) is 20.2. The number of rotatable bonds is 5. The molecule has 0 unspecified atom stereocenters. The standard InChI is InChI=1S/C20H18N4O2/c25-16-8-6-15(7-9-16)18(26)13-21-20-12-17(14-4-2-1-3-5-14)23-19-10-11-22-24(19)20/h1-12,18,21,25-26H,13H2/t18-/m1/s1. The number of aromatic nitrogens is 3. The second-order valence-electron chi connectivity index (χ2n) is 5.98. The van der Waals surface area contributed by atoms with E-state index in [4.69, 9.17) is 0 Å². The van der Waals surface area contributed by atoms with Gasteiger partial charge in [-0.25, -0.2) is 4.98 Å². The first-order chi connectivity index (χ1) is 12.7. The van der Waals surface area contributed by atoms with Gasteiger partial charge in [0, 0.05) is 24.2 Å². The van der Waals surface area contributed by atoms with Gasteiger partial charge in [0.15, 0.2) is 5.65 Å². The molecule has 0 spiro atoms. The molecule has 0 radical (unpaired) electrons. The van der Waals surface area contributed by atoms with Crippen LogP contribution in [0.5, 0.6) is 5.75 Å². The van der Waals surface area contributed by atoms with Gasteiger partial charge >= 0.3 is 0 Å². The van der Waals surface area contributed by atoms with E-state index in [-0.39, 0.29) is 5.75 Å². The van der Waals surface area contributed by atoms with Crippen molar-refractivity contribution in [3.05, 3.63) is 78.5 Å². The van der Waals surface area contributed by atoms with Gasteiger partial charge in [-0.15, -0.1) is 0 Å². The van der Waals surface area contributed by atoms with Crippen molar-refractivity contribution in [2.24, 2.45) is 0 Å². The number of hydrogen-bond acceptors (Lipinski definition) is 5. The second-order valence-corrected chi connectivity index (χ2v) is 5.98. The number of aliphatic hydroxyl groups is 1. The van der Waals surface area contributed by atoms with Crippen LogP contribution in [0.3, 0.4) is 0 Å². The summed E-state index contributed by atoms with van der Waals surface area (Å²) in [7, 11) is 0. The summed E-state index contributed by atoms with van der Waals surface area (Å²) in [5.74, 6) is 0.922. The first-order valence-corrected chi connectivity index (χ1v) is 8.32. The van der Waals surface area contributed by atoms with E-state index in [1.807, 2.05) is 42.5 Å². The van der Waals surface area contributed by atoms with Crippen LogP contribution in [0.4, 0.5) is 5.82 Å². The summed E-state index contributed by atoms with van der Waals surface area (Å²) in [6.07, 6.45) is 0.980. The van der Waals surface area contributed by atoms with E-state index in [0.717, 1.165) is 28.3 Å². The molecule has 0 aliphatic heterocycles. The molecule has 3 N–H and O–H groups in total. The van der Waals surface area contributed by atoms with E-state index in [1.54, 1.807) is 35.0 Å². The maximum atomic E-state index is 10.4. The first kappa shape index (κ1) is 16.1. The van der Waals surface area contributed by atoms with Crippen molar-refractivity contribution in [3.63, 3.8) is 0 Å². The van der Waals surface area contributed by atoms with Crippen LogP contribution >= 0.6 is 0 Å². The van der Waals surface area contributed by atoms with Gasteiger partial charge in [0.1, 0.15) is 11.6 Å². The van der Waals surface area contributed by atoms with Crippen LogP contribution in [0.25, 0.3) is 16.9 Å². The molecule has 0 aliphatic rings. The van der Waals surface area contributed by atoms with Crippen molar-refractivity contribution in [3.8, 4) is 17.0 Å². The Kier molecular flexibility index (Phi) is 4.25. The Hall–Kier alpha value is -3.38. The van der Waals surface area contributed by atoms with E-state index in [1.165, 1.54) is 0 Å². The van der Waals surface area contributed by atoms with Crippen molar-refractivity contribution < 1.29 is 10.2 Å². The fraction of sp³-hybridized carbons (Fsp3) is 0.100. The summed E-state index contributed by atoms with van der Waals surface area (Å²) in [6.45, 7) is 0.304. The van der Waals surface area contributed by atoms with Crippen molar-refractivity contribution in [1.29, 1.82) is 0 Å². The number of hydrogen-bond donors (Lipinski definition) is 3. The molecule has 0 fully saturated rings. The summed E-state index contributed by atoms with van der Waals surface area (Å²) < 4.78 is 1.70. The monoisotopic (exact) mass is 346 g/mol. The maximum Gasteiger partial charge on any atom is 0.157 e. The summed E-state index contributed by atoms with van der Waals surface area (Å²) in [4.78, 5) is 4.63. The van der Waals surface area contributed by atoms with E-state index >= 15 is 0 Å². The molecule has 2 aromatic carbocycles. The highest BCUT2D eigenvalue weighted by atomic mass is 16.3. The smallest absolute Gasteiger partial charge is 0.157 e. The summed E-state index contributed by atoms with van der Waals surface area (Å²) >= 11 is 0. The van der Waals surface area contributed by atoms with Crippen LogP contribution < -0.4 is 5.32 Å². The summed E-state index contributed by atoms with van der Waals surface area (Å²) in [5.41, 5.74) is 3.30. The fourth-order valence-corrected chi connectivity index (χ4v) is 2.81. The van der Waals surface area contributed by atoms with Gasteiger partial charge in [-0.05, 0) is 17.7 Å². The van der Waals surface area contributed by atoms with E-state index in [0.29, 0.717) is 6.54 Å². The van der Waals surface area contributed by atoms with Crippen LogP contribution in [0.2, 0.25) is 0 Å². The molecular weight excluding hydrogens is 328 g/mol. The highest BCUT2D eigenvalue weighted by molar-refractivity contribution is 5.66. The molecule has 6 nitrogen and oxygen atoms in total. The molecule has 26 heavy (non-hydrogen) atoms. The van der Waals surface area contributed by atoms with Gasteiger partial charge in [0.05, 0.1) is 18.0 Å². The Bertz CT molecular complexity index is 1010. The number of nitrogens with one attached hydrogen (secondary N) is 1. The molecule has 6 heteroatoms.